The number of nitrogens with one attached hydrogen (secondary N) is 1. The van der Waals surface area contributed by atoms with E-state index in [0.717, 1.165) is 16.9 Å². The molecule has 1 aliphatic carbocycles. The summed E-state index contributed by atoms with van der Waals surface area (Å²) in [4.78, 5) is 0. The second-order valence-electron chi connectivity index (χ2n) is 5.16. The quantitative estimate of drug-likeness (QED) is 0.784. The van der Waals surface area contributed by atoms with E-state index in [0.29, 0.717) is 12.6 Å². The standard InChI is InChI=1S/C15H15N5/c1-2-6-13-11(4-1)5-3-7-14(13)20-15(17-18-19-20)10-16-12-8-9-12/h1-7,12,16H,8-10H2. The molecule has 1 heterocycles. The van der Waals surface area contributed by atoms with Gasteiger partial charge in [0.1, 0.15) is 0 Å². The summed E-state index contributed by atoms with van der Waals surface area (Å²) in [7, 11) is 0. The fourth-order valence-electron chi connectivity index (χ4n) is 2.42. The Morgan fingerprint density at radius 1 is 1.10 bits per heavy atom. The molecule has 5 heteroatoms. The van der Waals surface area contributed by atoms with E-state index < -0.39 is 0 Å². The molecule has 0 aliphatic heterocycles. The topological polar surface area (TPSA) is 55.6 Å². The maximum absolute atomic E-state index is 4.15. The molecule has 0 atom stereocenters. The number of hydrogen-bond donors (Lipinski definition) is 1. The third kappa shape index (κ3) is 2.06. The smallest absolute Gasteiger partial charge is 0.170 e. The van der Waals surface area contributed by atoms with Crippen molar-refractivity contribution in [1.29, 1.82) is 0 Å². The van der Waals surface area contributed by atoms with Crippen LogP contribution in [0.3, 0.4) is 0 Å². The van der Waals surface area contributed by atoms with Crippen LogP contribution < -0.4 is 5.32 Å². The minimum Gasteiger partial charge on any atom is -0.307 e. The number of rotatable bonds is 4. The third-order valence-electron chi connectivity index (χ3n) is 3.66. The summed E-state index contributed by atoms with van der Waals surface area (Å²) in [6, 6.07) is 15.1. The fourth-order valence-corrected chi connectivity index (χ4v) is 2.42. The van der Waals surface area contributed by atoms with Gasteiger partial charge in [0.05, 0.1) is 12.2 Å². The molecule has 0 spiro atoms. The SMILES string of the molecule is c1ccc2c(-n3nnnc3CNC3CC3)cccc2c1. The van der Waals surface area contributed by atoms with Gasteiger partial charge in [-0.25, -0.2) is 0 Å². The van der Waals surface area contributed by atoms with Crippen molar-refractivity contribution in [3.05, 3.63) is 48.3 Å². The summed E-state index contributed by atoms with van der Waals surface area (Å²) >= 11 is 0. The highest BCUT2D eigenvalue weighted by atomic mass is 15.5. The Bertz CT molecular complexity index is 739. The number of benzene rings is 2. The van der Waals surface area contributed by atoms with Crippen LogP contribution in [0.5, 0.6) is 0 Å². The zero-order valence-corrected chi connectivity index (χ0v) is 11.0. The molecule has 0 unspecified atom stereocenters. The van der Waals surface area contributed by atoms with Gasteiger partial charge in [-0.2, -0.15) is 4.68 Å². The maximum atomic E-state index is 4.15. The Labute approximate surface area is 116 Å². The Morgan fingerprint density at radius 2 is 1.95 bits per heavy atom. The predicted molar refractivity (Wildman–Crippen MR) is 76.5 cm³/mol. The zero-order chi connectivity index (χ0) is 13.4. The van der Waals surface area contributed by atoms with Crippen LogP contribution >= 0.6 is 0 Å². The van der Waals surface area contributed by atoms with Crippen LogP contribution in [0.1, 0.15) is 18.7 Å². The summed E-state index contributed by atoms with van der Waals surface area (Å²) in [6.07, 6.45) is 2.52. The summed E-state index contributed by atoms with van der Waals surface area (Å²) in [5, 5.41) is 17.9. The molecule has 1 saturated carbocycles. The van der Waals surface area contributed by atoms with Crippen LogP contribution in [-0.2, 0) is 6.54 Å². The second-order valence-corrected chi connectivity index (χ2v) is 5.16. The van der Waals surface area contributed by atoms with Crippen molar-refractivity contribution in [3.63, 3.8) is 0 Å². The Balaban J connectivity index is 1.76. The van der Waals surface area contributed by atoms with Crippen molar-refractivity contribution >= 4 is 10.8 Å². The normalized spacial score (nSPS) is 14.8. The van der Waals surface area contributed by atoms with E-state index in [-0.39, 0.29) is 0 Å². The lowest BCUT2D eigenvalue weighted by Crippen LogP contribution is -2.19. The first kappa shape index (κ1) is 11.5. The predicted octanol–water partition coefficient (Wildman–Crippen LogP) is 2.07. The lowest BCUT2D eigenvalue weighted by molar-refractivity contribution is 0.638. The molecule has 1 N–H and O–H groups in total. The number of nitrogens with zero attached hydrogens (tertiary/aromatic N) is 4. The summed E-state index contributed by atoms with van der Waals surface area (Å²) in [6.45, 7) is 0.709. The van der Waals surface area contributed by atoms with Crippen LogP contribution in [0, 0.1) is 0 Å². The first-order chi connectivity index (χ1) is 9.92. The number of aromatic nitrogens is 4. The van der Waals surface area contributed by atoms with E-state index in [1.54, 1.807) is 0 Å². The molecule has 3 aromatic rings. The molecule has 0 radical (unpaired) electrons. The van der Waals surface area contributed by atoms with Crippen molar-refractivity contribution in [2.75, 3.05) is 0 Å². The van der Waals surface area contributed by atoms with Gasteiger partial charge >= 0.3 is 0 Å². The lowest BCUT2D eigenvalue weighted by Gasteiger charge is -2.08. The largest absolute Gasteiger partial charge is 0.307 e. The van der Waals surface area contributed by atoms with E-state index in [2.05, 4.69) is 45.1 Å². The molecule has 4 rings (SSSR count). The minimum atomic E-state index is 0.646. The van der Waals surface area contributed by atoms with Crippen LogP contribution in [0.2, 0.25) is 0 Å². The molecule has 0 bridgehead atoms. The van der Waals surface area contributed by atoms with Crippen molar-refractivity contribution in [2.45, 2.75) is 25.4 Å². The molecule has 0 amide bonds. The Hall–Kier alpha value is -2.27. The van der Waals surface area contributed by atoms with Gasteiger partial charge in [0, 0.05) is 11.4 Å². The molecular formula is C15H15N5. The zero-order valence-electron chi connectivity index (χ0n) is 11.0. The van der Waals surface area contributed by atoms with Crippen LogP contribution in [0.15, 0.2) is 42.5 Å². The van der Waals surface area contributed by atoms with Crippen molar-refractivity contribution < 1.29 is 0 Å². The summed E-state index contributed by atoms with van der Waals surface area (Å²) in [5.74, 6) is 0.855. The van der Waals surface area contributed by atoms with Crippen molar-refractivity contribution in [1.82, 2.24) is 25.5 Å². The Kier molecular flexibility index (Phi) is 2.70. The summed E-state index contributed by atoms with van der Waals surface area (Å²) < 4.78 is 1.83. The van der Waals surface area contributed by atoms with Crippen LogP contribution in [-0.4, -0.2) is 26.2 Å². The first-order valence-electron chi connectivity index (χ1n) is 6.90. The molecule has 5 nitrogen and oxygen atoms in total. The van der Waals surface area contributed by atoms with E-state index in [1.807, 2.05) is 22.9 Å². The van der Waals surface area contributed by atoms with E-state index in [4.69, 9.17) is 0 Å². The van der Waals surface area contributed by atoms with Gasteiger partial charge in [-0.05, 0) is 34.7 Å². The average Bonchev–Trinajstić information content (AvgIpc) is 3.21. The number of tetrazole rings is 1. The fraction of sp³-hybridized carbons (Fsp3) is 0.267. The highest BCUT2D eigenvalue weighted by Crippen LogP contribution is 2.23. The highest BCUT2D eigenvalue weighted by Gasteiger charge is 2.21. The number of hydrogen-bond acceptors (Lipinski definition) is 4. The molecule has 20 heavy (non-hydrogen) atoms. The second kappa shape index (κ2) is 4.68. The van der Waals surface area contributed by atoms with Crippen molar-refractivity contribution in [3.8, 4) is 5.69 Å². The van der Waals surface area contributed by atoms with E-state index in [9.17, 15) is 0 Å². The monoisotopic (exact) mass is 265 g/mol. The molecule has 1 aromatic heterocycles. The molecule has 1 aliphatic rings. The van der Waals surface area contributed by atoms with Gasteiger partial charge in [0.25, 0.3) is 0 Å². The maximum Gasteiger partial charge on any atom is 0.170 e. The number of fused-ring (bicyclic) bond motifs is 1. The van der Waals surface area contributed by atoms with Gasteiger partial charge in [-0.15, -0.1) is 5.10 Å². The van der Waals surface area contributed by atoms with Crippen LogP contribution in [0.25, 0.3) is 16.5 Å². The molecule has 2 aromatic carbocycles. The Morgan fingerprint density at radius 3 is 2.85 bits per heavy atom. The van der Waals surface area contributed by atoms with Crippen molar-refractivity contribution in [2.24, 2.45) is 0 Å². The molecule has 0 saturated heterocycles. The highest BCUT2D eigenvalue weighted by molar-refractivity contribution is 5.89. The van der Waals surface area contributed by atoms with Gasteiger partial charge in [-0.1, -0.05) is 36.4 Å². The molecule has 100 valence electrons. The van der Waals surface area contributed by atoms with Gasteiger partial charge in [0.2, 0.25) is 0 Å². The first-order valence-corrected chi connectivity index (χ1v) is 6.90. The average molecular weight is 265 g/mol. The minimum absolute atomic E-state index is 0.646. The molecule has 1 fully saturated rings. The summed E-state index contributed by atoms with van der Waals surface area (Å²) in [5.41, 5.74) is 1.03. The third-order valence-corrected chi connectivity index (χ3v) is 3.66. The van der Waals surface area contributed by atoms with Gasteiger partial charge < -0.3 is 5.32 Å². The van der Waals surface area contributed by atoms with E-state index >= 15 is 0 Å². The van der Waals surface area contributed by atoms with Crippen LogP contribution in [0.4, 0.5) is 0 Å². The lowest BCUT2D eigenvalue weighted by atomic mass is 10.1. The van der Waals surface area contributed by atoms with E-state index in [1.165, 1.54) is 18.2 Å². The van der Waals surface area contributed by atoms with Gasteiger partial charge in [0.15, 0.2) is 5.82 Å². The molecular weight excluding hydrogens is 250 g/mol. The van der Waals surface area contributed by atoms with Gasteiger partial charge in [-0.3, -0.25) is 0 Å².